The Bertz CT molecular complexity index is 1300. The van der Waals surface area contributed by atoms with Crippen LogP contribution in [0.5, 0.6) is 11.5 Å². The second kappa shape index (κ2) is 9.67. The molecule has 0 aromatic heterocycles. The van der Waals surface area contributed by atoms with Crippen molar-refractivity contribution in [3.05, 3.63) is 73.2 Å². The van der Waals surface area contributed by atoms with E-state index < -0.39 is 4.92 Å². The van der Waals surface area contributed by atoms with E-state index in [1.807, 2.05) is 12.2 Å². The normalized spacial score (nSPS) is 24.1. The Hall–Kier alpha value is -3.24. The Morgan fingerprint density at radius 2 is 1.89 bits per heavy atom. The summed E-state index contributed by atoms with van der Waals surface area (Å²) in [6.07, 6.45) is 6.30. The summed E-state index contributed by atoms with van der Waals surface area (Å²) in [5.41, 5.74) is 1.04. The van der Waals surface area contributed by atoms with Gasteiger partial charge in [0.2, 0.25) is 0 Å². The number of amides is 2. The molecule has 36 heavy (non-hydrogen) atoms. The summed E-state index contributed by atoms with van der Waals surface area (Å²) >= 11 is 10.0. The van der Waals surface area contributed by atoms with Crippen LogP contribution in [0, 0.1) is 33.8 Å². The van der Waals surface area contributed by atoms with Crippen LogP contribution >= 0.6 is 27.5 Å². The van der Waals surface area contributed by atoms with Crippen LogP contribution in [0.3, 0.4) is 0 Å². The maximum absolute atomic E-state index is 12.9. The number of allylic oxidation sites excluding steroid dienone is 2. The highest BCUT2D eigenvalue weighted by Gasteiger charge is 2.59. The van der Waals surface area contributed by atoms with Crippen molar-refractivity contribution in [2.24, 2.45) is 28.8 Å². The highest BCUT2D eigenvalue weighted by atomic mass is 79.9. The number of carbonyl (C=O) groups excluding carboxylic acids is 2. The van der Waals surface area contributed by atoms with Crippen LogP contribution in [-0.2, 0) is 16.2 Å². The van der Waals surface area contributed by atoms with Crippen LogP contribution in [0.15, 0.2) is 52.1 Å². The van der Waals surface area contributed by atoms with Gasteiger partial charge >= 0.3 is 0 Å². The zero-order valence-electron chi connectivity index (χ0n) is 19.1. The fraction of sp³-hybridized carbons (Fsp3) is 0.320. The summed E-state index contributed by atoms with van der Waals surface area (Å²) in [4.78, 5) is 36.4. The summed E-state index contributed by atoms with van der Waals surface area (Å²) in [6, 6.07) is 7.75. The van der Waals surface area contributed by atoms with E-state index in [-0.39, 0.29) is 58.6 Å². The number of ether oxygens (including phenoxy) is 2. The third kappa shape index (κ3) is 4.18. The molecule has 3 aliphatic rings. The summed E-state index contributed by atoms with van der Waals surface area (Å²) in [5.74, 6) is -0.435. The first kappa shape index (κ1) is 24.5. The molecule has 0 spiro atoms. The number of non-ortho nitro benzene ring substituents is 1. The van der Waals surface area contributed by atoms with Gasteiger partial charge < -0.3 is 9.47 Å². The van der Waals surface area contributed by atoms with E-state index in [4.69, 9.17) is 21.1 Å². The maximum atomic E-state index is 12.9. The van der Waals surface area contributed by atoms with Crippen molar-refractivity contribution in [3.63, 3.8) is 0 Å². The molecule has 186 valence electrons. The minimum atomic E-state index is -0.475. The molecule has 4 atom stereocenters. The van der Waals surface area contributed by atoms with Gasteiger partial charge in [0.05, 0.1) is 29.6 Å². The van der Waals surface area contributed by atoms with Gasteiger partial charge in [-0.1, -0.05) is 35.9 Å². The standard InChI is InChI=1S/C25H21BrClN3O6/c1-2-35-18-10-16(11-28-29-24(31)19-14-6-7-15(9-14)20(19)25(29)32)21(26)22(27)23(18)36-12-13-4-3-5-17(8-13)30(33)34/h3-8,10-11,14-15,19-20H,2,9,12H2,1H3/t14-,15-,19-,20+/m0/s1. The number of benzene rings is 2. The summed E-state index contributed by atoms with van der Waals surface area (Å²) in [7, 11) is 0. The van der Waals surface area contributed by atoms with Crippen molar-refractivity contribution < 1.29 is 24.0 Å². The number of imide groups is 1. The van der Waals surface area contributed by atoms with Gasteiger partial charge in [0, 0.05) is 22.2 Å². The molecule has 2 aromatic rings. The lowest BCUT2D eigenvalue weighted by Gasteiger charge is -2.16. The van der Waals surface area contributed by atoms with Crippen LogP contribution in [0.4, 0.5) is 5.69 Å². The van der Waals surface area contributed by atoms with Crippen LogP contribution in [0.1, 0.15) is 24.5 Å². The van der Waals surface area contributed by atoms with Crippen molar-refractivity contribution in [3.8, 4) is 11.5 Å². The van der Waals surface area contributed by atoms with Crippen LogP contribution in [-0.4, -0.2) is 34.6 Å². The zero-order chi connectivity index (χ0) is 25.6. The highest BCUT2D eigenvalue weighted by Crippen LogP contribution is 2.52. The molecule has 5 rings (SSSR count). The minimum absolute atomic E-state index is 0.0251. The molecule has 2 aliphatic carbocycles. The second-order valence-electron chi connectivity index (χ2n) is 8.80. The fourth-order valence-corrected chi connectivity index (χ4v) is 5.79. The molecular formula is C25H21BrClN3O6. The first-order chi connectivity index (χ1) is 17.3. The largest absolute Gasteiger partial charge is 0.490 e. The van der Waals surface area contributed by atoms with Crippen LogP contribution in [0.2, 0.25) is 5.02 Å². The molecule has 0 unspecified atom stereocenters. The van der Waals surface area contributed by atoms with Crippen LogP contribution in [0.25, 0.3) is 0 Å². The van der Waals surface area contributed by atoms with E-state index in [1.165, 1.54) is 18.3 Å². The Morgan fingerprint density at radius 3 is 2.53 bits per heavy atom. The van der Waals surface area contributed by atoms with Gasteiger partial charge in [-0.15, -0.1) is 0 Å². The van der Waals surface area contributed by atoms with Gasteiger partial charge in [0.1, 0.15) is 11.6 Å². The quantitative estimate of drug-likeness (QED) is 0.142. The second-order valence-corrected chi connectivity index (χ2v) is 9.97. The molecule has 2 bridgehead atoms. The molecule has 9 nitrogen and oxygen atoms in total. The smallest absolute Gasteiger partial charge is 0.269 e. The highest BCUT2D eigenvalue weighted by molar-refractivity contribution is 9.10. The molecule has 1 saturated heterocycles. The molecule has 0 N–H and O–H groups in total. The van der Waals surface area contributed by atoms with Crippen molar-refractivity contribution in [2.45, 2.75) is 20.0 Å². The molecule has 0 radical (unpaired) electrons. The topological polar surface area (TPSA) is 111 Å². The number of hydrogen-bond donors (Lipinski definition) is 0. The van der Waals surface area contributed by atoms with Gasteiger partial charge in [-0.25, -0.2) is 0 Å². The van der Waals surface area contributed by atoms with E-state index >= 15 is 0 Å². The Balaban J connectivity index is 1.38. The average molecular weight is 575 g/mol. The number of halogens is 2. The SMILES string of the molecule is CCOc1cc(C=NN2C(=O)[C@@H]3[C@H](C2=O)[C@H]2C=C[C@H]3C2)c(Br)c(Cl)c1OCc1cccc([N+](=O)[O-])c1. The summed E-state index contributed by atoms with van der Waals surface area (Å²) in [6.45, 7) is 2.15. The molecule has 1 heterocycles. The van der Waals surface area contributed by atoms with Gasteiger partial charge in [-0.05, 0) is 52.7 Å². The summed E-state index contributed by atoms with van der Waals surface area (Å²) in [5, 5.41) is 16.4. The lowest BCUT2D eigenvalue weighted by Crippen LogP contribution is -2.28. The van der Waals surface area contributed by atoms with Crippen molar-refractivity contribution in [1.29, 1.82) is 0 Å². The average Bonchev–Trinajstić information content (AvgIpc) is 3.55. The molecule has 1 saturated carbocycles. The van der Waals surface area contributed by atoms with E-state index in [2.05, 4.69) is 21.0 Å². The minimum Gasteiger partial charge on any atom is -0.490 e. The monoisotopic (exact) mass is 573 g/mol. The molecule has 11 heteroatoms. The van der Waals surface area contributed by atoms with Gasteiger partial charge in [0.15, 0.2) is 11.5 Å². The van der Waals surface area contributed by atoms with E-state index in [9.17, 15) is 19.7 Å². The lowest BCUT2D eigenvalue weighted by molar-refractivity contribution is -0.384. The Morgan fingerprint density at radius 1 is 1.19 bits per heavy atom. The number of carbonyl (C=O) groups is 2. The Kier molecular flexibility index (Phi) is 6.57. The third-order valence-corrected chi connectivity index (χ3v) is 8.16. The number of hydrogen-bond acceptors (Lipinski definition) is 7. The number of fused-ring (bicyclic) bond motifs is 5. The molecule has 1 aliphatic heterocycles. The predicted octanol–water partition coefficient (Wildman–Crippen LogP) is 5.13. The van der Waals surface area contributed by atoms with Gasteiger partial charge in [-0.2, -0.15) is 10.1 Å². The van der Waals surface area contributed by atoms with Crippen LogP contribution < -0.4 is 9.47 Å². The van der Waals surface area contributed by atoms with Crippen molar-refractivity contribution in [2.75, 3.05) is 6.61 Å². The first-order valence-electron chi connectivity index (χ1n) is 11.4. The third-order valence-electron chi connectivity index (χ3n) is 6.72. The van der Waals surface area contributed by atoms with Crippen molar-refractivity contribution in [1.82, 2.24) is 5.01 Å². The first-order valence-corrected chi connectivity index (χ1v) is 12.6. The van der Waals surface area contributed by atoms with E-state index in [0.717, 1.165) is 11.4 Å². The number of nitro groups is 1. The number of hydrazone groups is 1. The number of nitrogens with zero attached hydrogens (tertiary/aromatic N) is 3. The maximum Gasteiger partial charge on any atom is 0.269 e. The van der Waals surface area contributed by atoms with Gasteiger partial charge in [0.25, 0.3) is 17.5 Å². The molecule has 2 amide bonds. The number of rotatable bonds is 8. The lowest BCUT2D eigenvalue weighted by atomic mass is 9.85. The fourth-order valence-electron chi connectivity index (χ4n) is 5.13. The van der Waals surface area contributed by atoms with Crippen molar-refractivity contribution >= 4 is 51.2 Å². The predicted molar refractivity (Wildman–Crippen MR) is 135 cm³/mol. The summed E-state index contributed by atoms with van der Waals surface area (Å²) < 4.78 is 12.0. The Labute approximate surface area is 220 Å². The zero-order valence-corrected chi connectivity index (χ0v) is 21.4. The van der Waals surface area contributed by atoms with E-state index in [1.54, 1.807) is 25.1 Å². The molecular weight excluding hydrogens is 554 g/mol. The van der Waals surface area contributed by atoms with Gasteiger partial charge in [-0.3, -0.25) is 19.7 Å². The molecule has 2 fully saturated rings. The number of nitro benzene ring substituents is 1. The van der Waals surface area contributed by atoms with E-state index in [0.29, 0.717) is 28.0 Å². The molecule has 2 aromatic carbocycles.